The fourth-order valence-electron chi connectivity index (χ4n) is 1.46. The highest BCUT2D eigenvalue weighted by Gasteiger charge is 2.01. The van der Waals surface area contributed by atoms with E-state index in [2.05, 4.69) is 15.5 Å². The van der Waals surface area contributed by atoms with Gasteiger partial charge in [-0.3, -0.25) is 14.8 Å². The molecule has 4 N–H and O–H groups in total. The molecular weight excluding hydrogens is 248 g/mol. The number of aromatic amines is 1. The third-order valence-electron chi connectivity index (χ3n) is 2.45. The zero-order valence-electron chi connectivity index (χ0n) is 10.6. The van der Waals surface area contributed by atoms with Crippen molar-refractivity contribution in [1.82, 2.24) is 15.9 Å². The van der Waals surface area contributed by atoms with E-state index in [0.29, 0.717) is 19.3 Å². The van der Waals surface area contributed by atoms with E-state index in [1.807, 2.05) is 12.1 Å². The van der Waals surface area contributed by atoms with Gasteiger partial charge in [0.25, 0.3) is 0 Å². The van der Waals surface area contributed by atoms with Crippen LogP contribution < -0.4 is 10.9 Å². The van der Waals surface area contributed by atoms with Crippen molar-refractivity contribution in [2.45, 2.75) is 32.1 Å². The van der Waals surface area contributed by atoms with E-state index in [-0.39, 0.29) is 12.3 Å². The van der Waals surface area contributed by atoms with Gasteiger partial charge in [0.1, 0.15) is 0 Å². The van der Waals surface area contributed by atoms with Gasteiger partial charge in [-0.05, 0) is 25.0 Å². The lowest BCUT2D eigenvalue weighted by molar-refractivity contribution is -0.129. The standard InChI is InChI=1S/C12H18N4O3/c17-11(6-2-1-3-7-12(18)16-19)15-14-9-10-5-4-8-13-10/h4-5,8-9,13,19H,1-3,6-7H2,(H,15,17)(H,16,18)/b14-9+. The molecule has 0 aliphatic rings. The van der Waals surface area contributed by atoms with Crippen molar-refractivity contribution in [2.24, 2.45) is 5.10 Å². The lowest BCUT2D eigenvalue weighted by Crippen LogP contribution is -2.18. The topological polar surface area (TPSA) is 107 Å². The summed E-state index contributed by atoms with van der Waals surface area (Å²) in [7, 11) is 0. The van der Waals surface area contributed by atoms with E-state index in [0.717, 1.165) is 12.1 Å². The number of nitrogens with one attached hydrogen (secondary N) is 3. The highest BCUT2D eigenvalue weighted by Crippen LogP contribution is 2.02. The molecule has 19 heavy (non-hydrogen) atoms. The van der Waals surface area contributed by atoms with Gasteiger partial charge in [0, 0.05) is 19.0 Å². The van der Waals surface area contributed by atoms with Crippen LogP contribution in [0.1, 0.15) is 37.8 Å². The van der Waals surface area contributed by atoms with Gasteiger partial charge in [-0.25, -0.2) is 10.9 Å². The third-order valence-corrected chi connectivity index (χ3v) is 2.45. The number of unbranched alkanes of at least 4 members (excludes halogenated alkanes) is 2. The van der Waals surface area contributed by atoms with Gasteiger partial charge in [0.05, 0.1) is 11.9 Å². The molecule has 0 spiro atoms. The van der Waals surface area contributed by atoms with Crippen LogP contribution >= 0.6 is 0 Å². The van der Waals surface area contributed by atoms with Gasteiger partial charge in [-0.1, -0.05) is 6.42 Å². The minimum absolute atomic E-state index is 0.158. The number of hydrogen-bond donors (Lipinski definition) is 4. The van der Waals surface area contributed by atoms with Crippen LogP contribution in [0.2, 0.25) is 0 Å². The summed E-state index contributed by atoms with van der Waals surface area (Å²) in [6.07, 6.45) is 6.01. The largest absolute Gasteiger partial charge is 0.360 e. The third kappa shape index (κ3) is 6.99. The molecule has 0 bridgehead atoms. The first-order chi connectivity index (χ1) is 9.22. The average molecular weight is 266 g/mol. The molecule has 0 aliphatic carbocycles. The molecule has 0 saturated carbocycles. The Balaban J connectivity index is 2.03. The monoisotopic (exact) mass is 266 g/mol. The summed E-state index contributed by atoms with van der Waals surface area (Å²) in [5.41, 5.74) is 4.80. The van der Waals surface area contributed by atoms with Gasteiger partial charge < -0.3 is 4.98 Å². The molecule has 7 heteroatoms. The number of aromatic nitrogens is 1. The Kier molecular flexibility index (Phi) is 6.96. The number of H-pyrrole nitrogens is 1. The second kappa shape index (κ2) is 8.87. The Bertz CT molecular complexity index is 415. The highest BCUT2D eigenvalue weighted by atomic mass is 16.5. The van der Waals surface area contributed by atoms with E-state index < -0.39 is 5.91 Å². The van der Waals surface area contributed by atoms with E-state index in [9.17, 15) is 9.59 Å². The first kappa shape index (κ1) is 14.9. The lowest BCUT2D eigenvalue weighted by atomic mass is 10.1. The molecule has 0 atom stereocenters. The molecule has 0 aromatic carbocycles. The van der Waals surface area contributed by atoms with Crippen LogP contribution in [0.25, 0.3) is 0 Å². The summed E-state index contributed by atoms with van der Waals surface area (Å²) in [6, 6.07) is 3.67. The Labute approximate surface area is 111 Å². The summed E-state index contributed by atoms with van der Waals surface area (Å²) in [4.78, 5) is 25.0. The van der Waals surface area contributed by atoms with Crippen LogP contribution in [0.15, 0.2) is 23.4 Å². The molecule has 104 valence electrons. The molecular formula is C12H18N4O3. The number of hydrazone groups is 1. The van der Waals surface area contributed by atoms with Crippen LogP contribution in [0.5, 0.6) is 0 Å². The van der Waals surface area contributed by atoms with E-state index >= 15 is 0 Å². The Morgan fingerprint density at radius 1 is 1.26 bits per heavy atom. The molecule has 0 fully saturated rings. The number of nitrogens with zero attached hydrogens (tertiary/aromatic N) is 1. The molecule has 0 radical (unpaired) electrons. The number of carbonyl (C=O) groups is 2. The van der Waals surface area contributed by atoms with Crippen molar-refractivity contribution in [3.8, 4) is 0 Å². The first-order valence-corrected chi connectivity index (χ1v) is 6.10. The zero-order valence-corrected chi connectivity index (χ0v) is 10.6. The Morgan fingerprint density at radius 3 is 2.63 bits per heavy atom. The number of hydrogen-bond acceptors (Lipinski definition) is 4. The van der Waals surface area contributed by atoms with Crippen molar-refractivity contribution < 1.29 is 14.8 Å². The Hall–Kier alpha value is -2.15. The number of carbonyl (C=O) groups excluding carboxylic acids is 2. The minimum Gasteiger partial charge on any atom is -0.360 e. The number of rotatable bonds is 8. The summed E-state index contributed by atoms with van der Waals surface area (Å²) in [5.74, 6) is -0.561. The van der Waals surface area contributed by atoms with Crippen LogP contribution in [-0.4, -0.2) is 28.2 Å². The summed E-state index contributed by atoms with van der Waals surface area (Å²) >= 11 is 0. The van der Waals surface area contributed by atoms with Crippen LogP contribution in [-0.2, 0) is 9.59 Å². The second-order valence-corrected chi connectivity index (χ2v) is 4.01. The highest BCUT2D eigenvalue weighted by molar-refractivity contribution is 5.80. The van der Waals surface area contributed by atoms with Crippen molar-refractivity contribution in [1.29, 1.82) is 0 Å². The maximum atomic E-state index is 11.4. The maximum Gasteiger partial charge on any atom is 0.243 e. The van der Waals surface area contributed by atoms with Crippen molar-refractivity contribution >= 4 is 18.0 Å². The maximum absolute atomic E-state index is 11.4. The summed E-state index contributed by atoms with van der Waals surface area (Å²) < 4.78 is 0. The molecule has 0 aliphatic heterocycles. The Morgan fingerprint density at radius 2 is 2.00 bits per heavy atom. The normalized spacial score (nSPS) is 10.6. The van der Waals surface area contributed by atoms with Gasteiger partial charge in [-0.2, -0.15) is 5.10 Å². The molecule has 1 rings (SSSR count). The van der Waals surface area contributed by atoms with E-state index in [1.165, 1.54) is 6.21 Å². The van der Waals surface area contributed by atoms with Crippen molar-refractivity contribution in [2.75, 3.05) is 0 Å². The zero-order chi connectivity index (χ0) is 13.9. The molecule has 1 heterocycles. The van der Waals surface area contributed by atoms with E-state index in [1.54, 1.807) is 11.7 Å². The first-order valence-electron chi connectivity index (χ1n) is 6.10. The molecule has 0 saturated heterocycles. The predicted molar refractivity (Wildman–Crippen MR) is 69.5 cm³/mol. The number of hydroxylamine groups is 1. The number of amides is 2. The second-order valence-electron chi connectivity index (χ2n) is 4.01. The quantitative estimate of drug-likeness (QED) is 0.243. The van der Waals surface area contributed by atoms with E-state index in [4.69, 9.17) is 5.21 Å². The summed E-state index contributed by atoms with van der Waals surface area (Å²) in [5, 5.41) is 12.1. The minimum atomic E-state index is -0.403. The molecule has 1 aromatic heterocycles. The predicted octanol–water partition coefficient (Wildman–Crippen LogP) is 0.921. The molecule has 7 nitrogen and oxygen atoms in total. The fraction of sp³-hybridized carbons (Fsp3) is 0.417. The summed E-state index contributed by atoms with van der Waals surface area (Å²) in [6.45, 7) is 0. The van der Waals surface area contributed by atoms with Crippen LogP contribution in [0.4, 0.5) is 0 Å². The molecule has 2 amide bonds. The van der Waals surface area contributed by atoms with Gasteiger partial charge in [0.2, 0.25) is 11.8 Å². The van der Waals surface area contributed by atoms with Crippen molar-refractivity contribution in [3.63, 3.8) is 0 Å². The fourth-order valence-corrected chi connectivity index (χ4v) is 1.46. The van der Waals surface area contributed by atoms with Gasteiger partial charge in [0.15, 0.2) is 0 Å². The van der Waals surface area contributed by atoms with Crippen LogP contribution in [0, 0.1) is 0 Å². The average Bonchev–Trinajstić information content (AvgIpc) is 2.91. The van der Waals surface area contributed by atoms with Crippen LogP contribution in [0.3, 0.4) is 0 Å². The SMILES string of the molecule is O=C(CCCCCC(=O)N/N=C/c1ccc[nH]1)NO. The molecule has 0 unspecified atom stereocenters. The van der Waals surface area contributed by atoms with Gasteiger partial charge >= 0.3 is 0 Å². The van der Waals surface area contributed by atoms with Gasteiger partial charge in [-0.15, -0.1) is 0 Å². The smallest absolute Gasteiger partial charge is 0.243 e. The molecule has 1 aromatic rings. The lowest BCUT2D eigenvalue weighted by Gasteiger charge is -2.00. The van der Waals surface area contributed by atoms with Crippen molar-refractivity contribution in [3.05, 3.63) is 24.0 Å².